The van der Waals surface area contributed by atoms with E-state index in [-0.39, 0.29) is 0 Å². The molecule has 2 aromatic rings. The van der Waals surface area contributed by atoms with Crippen LogP contribution in [0, 0.1) is 0 Å². The topological polar surface area (TPSA) is 28.2 Å². The summed E-state index contributed by atoms with van der Waals surface area (Å²) in [6, 6.07) is 7.09. The van der Waals surface area contributed by atoms with Gasteiger partial charge in [-0.15, -0.1) is 0 Å². The number of pyridine rings is 1. The van der Waals surface area contributed by atoms with E-state index in [4.69, 9.17) is 0 Å². The SMILES string of the molecule is CN(Cc1ccsc1)c1ncccc1CNC1CC1. The summed E-state index contributed by atoms with van der Waals surface area (Å²) in [5.41, 5.74) is 2.63. The summed E-state index contributed by atoms with van der Waals surface area (Å²) in [6.45, 7) is 1.83. The molecule has 0 amide bonds. The van der Waals surface area contributed by atoms with E-state index in [9.17, 15) is 0 Å². The Labute approximate surface area is 118 Å². The summed E-state index contributed by atoms with van der Waals surface area (Å²) < 4.78 is 0. The fourth-order valence-electron chi connectivity index (χ4n) is 2.19. The van der Waals surface area contributed by atoms with Crippen LogP contribution in [-0.4, -0.2) is 18.1 Å². The average Bonchev–Trinajstić information content (AvgIpc) is 3.13. The van der Waals surface area contributed by atoms with Crippen LogP contribution in [0.2, 0.25) is 0 Å². The molecular weight excluding hydrogens is 254 g/mol. The number of aromatic nitrogens is 1. The van der Waals surface area contributed by atoms with Crippen molar-refractivity contribution in [2.45, 2.75) is 32.0 Å². The Kier molecular flexibility index (Phi) is 3.80. The van der Waals surface area contributed by atoms with Gasteiger partial charge in [-0.2, -0.15) is 11.3 Å². The Hall–Kier alpha value is -1.39. The van der Waals surface area contributed by atoms with Crippen molar-refractivity contribution in [3.8, 4) is 0 Å². The molecule has 1 fully saturated rings. The highest BCUT2D eigenvalue weighted by molar-refractivity contribution is 7.07. The normalized spacial score (nSPS) is 14.6. The molecule has 1 N–H and O–H groups in total. The maximum atomic E-state index is 4.55. The molecule has 3 nitrogen and oxygen atoms in total. The van der Waals surface area contributed by atoms with Crippen molar-refractivity contribution in [3.05, 3.63) is 46.3 Å². The lowest BCUT2D eigenvalue weighted by molar-refractivity contribution is 0.683. The van der Waals surface area contributed by atoms with Gasteiger partial charge in [0.1, 0.15) is 5.82 Å². The van der Waals surface area contributed by atoms with Crippen LogP contribution in [0.4, 0.5) is 5.82 Å². The minimum Gasteiger partial charge on any atom is -0.355 e. The lowest BCUT2D eigenvalue weighted by Crippen LogP contribution is -2.22. The summed E-state index contributed by atoms with van der Waals surface area (Å²) in [6.07, 6.45) is 4.51. The number of hydrogen-bond donors (Lipinski definition) is 1. The van der Waals surface area contributed by atoms with Crippen LogP contribution >= 0.6 is 11.3 Å². The number of nitrogens with one attached hydrogen (secondary N) is 1. The molecule has 2 heterocycles. The van der Waals surface area contributed by atoms with Gasteiger partial charge in [-0.05, 0) is 41.3 Å². The zero-order valence-electron chi connectivity index (χ0n) is 11.2. The minimum atomic E-state index is 0.732. The second kappa shape index (κ2) is 5.72. The van der Waals surface area contributed by atoms with Crippen LogP contribution in [0.1, 0.15) is 24.0 Å². The Balaban J connectivity index is 1.70. The molecule has 1 aliphatic rings. The van der Waals surface area contributed by atoms with Crippen molar-refractivity contribution < 1.29 is 0 Å². The highest BCUT2D eigenvalue weighted by Gasteiger charge is 2.21. The van der Waals surface area contributed by atoms with Gasteiger partial charge in [-0.25, -0.2) is 4.98 Å². The summed E-state index contributed by atoms with van der Waals surface area (Å²) in [5.74, 6) is 1.09. The van der Waals surface area contributed by atoms with Crippen molar-refractivity contribution in [1.29, 1.82) is 0 Å². The molecule has 0 aromatic carbocycles. The van der Waals surface area contributed by atoms with Crippen LogP contribution in [0.5, 0.6) is 0 Å². The molecule has 1 saturated carbocycles. The smallest absolute Gasteiger partial charge is 0.133 e. The van der Waals surface area contributed by atoms with Gasteiger partial charge >= 0.3 is 0 Å². The molecule has 4 heteroatoms. The molecule has 3 rings (SSSR count). The van der Waals surface area contributed by atoms with Crippen molar-refractivity contribution in [1.82, 2.24) is 10.3 Å². The van der Waals surface area contributed by atoms with Crippen molar-refractivity contribution in [3.63, 3.8) is 0 Å². The lowest BCUT2D eigenvalue weighted by Gasteiger charge is -2.20. The first-order chi connectivity index (χ1) is 9.33. The summed E-state index contributed by atoms with van der Waals surface area (Å²) in [5, 5.41) is 7.88. The third-order valence-electron chi connectivity index (χ3n) is 3.39. The molecule has 0 radical (unpaired) electrons. The fourth-order valence-corrected chi connectivity index (χ4v) is 2.84. The van der Waals surface area contributed by atoms with Gasteiger partial charge in [0, 0.05) is 37.9 Å². The van der Waals surface area contributed by atoms with Crippen molar-refractivity contribution >= 4 is 17.2 Å². The highest BCUT2D eigenvalue weighted by atomic mass is 32.1. The number of nitrogens with zero attached hydrogens (tertiary/aromatic N) is 2. The number of hydrogen-bond acceptors (Lipinski definition) is 4. The van der Waals surface area contributed by atoms with Crippen LogP contribution in [0.25, 0.3) is 0 Å². The van der Waals surface area contributed by atoms with Crippen LogP contribution < -0.4 is 10.2 Å². The van der Waals surface area contributed by atoms with E-state index in [1.807, 2.05) is 12.3 Å². The molecule has 1 aliphatic carbocycles. The first-order valence-corrected chi connectivity index (χ1v) is 7.66. The number of rotatable bonds is 6. The Morgan fingerprint density at radius 3 is 3.05 bits per heavy atom. The largest absolute Gasteiger partial charge is 0.355 e. The first-order valence-electron chi connectivity index (χ1n) is 6.72. The van der Waals surface area contributed by atoms with E-state index in [0.717, 1.165) is 24.9 Å². The summed E-state index contributed by atoms with van der Waals surface area (Å²) >= 11 is 1.74. The quantitative estimate of drug-likeness (QED) is 0.877. The molecule has 0 spiro atoms. The monoisotopic (exact) mass is 273 g/mol. The van der Waals surface area contributed by atoms with E-state index in [1.54, 1.807) is 11.3 Å². The zero-order chi connectivity index (χ0) is 13.1. The van der Waals surface area contributed by atoms with Crippen molar-refractivity contribution in [2.75, 3.05) is 11.9 Å². The predicted octanol–water partition coefficient (Wildman–Crippen LogP) is 3.03. The lowest BCUT2D eigenvalue weighted by atomic mass is 10.2. The zero-order valence-corrected chi connectivity index (χ0v) is 12.0. The van der Waals surface area contributed by atoms with Crippen LogP contribution in [0.15, 0.2) is 35.2 Å². The molecule has 0 unspecified atom stereocenters. The van der Waals surface area contributed by atoms with Crippen LogP contribution in [0.3, 0.4) is 0 Å². The Bertz CT molecular complexity index is 520. The van der Waals surface area contributed by atoms with Gasteiger partial charge in [-0.1, -0.05) is 6.07 Å². The molecule has 100 valence electrons. The molecule has 2 aromatic heterocycles. The number of anilines is 1. The van der Waals surface area contributed by atoms with E-state index in [0.29, 0.717) is 0 Å². The van der Waals surface area contributed by atoms with Gasteiger partial charge in [-0.3, -0.25) is 0 Å². The average molecular weight is 273 g/mol. The third-order valence-corrected chi connectivity index (χ3v) is 4.12. The molecule has 0 bridgehead atoms. The minimum absolute atomic E-state index is 0.732. The van der Waals surface area contributed by atoms with Gasteiger partial charge in [0.15, 0.2) is 0 Å². The maximum absolute atomic E-state index is 4.55. The predicted molar refractivity (Wildman–Crippen MR) is 80.5 cm³/mol. The molecule has 0 aliphatic heterocycles. The van der Waals surface area contributed by atoms with Gasteiger partial charge in [0.2, 0.25) is 0 Å². The van der Waals surface area contributed by atoms with E-state index in [1.165, 1.54) is 24.0 Å². The Morgan fingerprint density at radius 2 is 2.32 bits per heavy atom. The Morgan fingerprint density at radius 1 is 1.42 bits per heavy atom. The summed E-state index contributed by atoms with van der Waals surface area (Å²) in [4.78, 5) is 6.77. The standard InChI is InChI=1S/C15H19N3S/c1-18(10-12-6-8-19-11-12)15-13(3-2-7-16-15)9-17-14-4-5-14/h2-3,6-8,11,14,17H,4-5,9-10H2,1H3. The fraction of sp³-hybridized carbons (Fsp3) is 0.400. The van der Waals surface area contributed by atoms with E-state index in [2.05, 4.69) is 45.1 Å². The van der Waals surface area contributed by atoms with Crippen molar-refractivity contribution in [2.24, 2.45) is 0 Å². The highest BCUT2D eigenvalue weighted by Crippen LogP contribution is 2.22. The van der Waals surface area contributed by atoms with Gasteiger partial charge in [0.25, 0.3) is 0 Å². The second-order valence-corrected chi connectivity index (χ2v) is 5.91. The van der Waals surface area contributed by atoms with E-state index < -0.39 is 0 Å². The second-order valence-electron chi connectivity index (χ2n) is 5.13. The maximum Gasteiger partial charge on any atom is 0.133 e. The molecule has 0 saturated heterocycles. The van der Waals surface area contributed by atoms with Crippen LogP contribution in [-0.2, 0) is 13.1 Å². The molecular formula is C15H19N3S. The molecule has 0 atom stereocenters. The van der Waals surface area contributed by atoms with Gasteiger partial charge in [0.05, 0.1) is 0 Å². The molecule has 19 heavy (non-hydrogen) atoms. The first kappa shape index (κ1) is 12.6. The summed E-state index contributed by atoms with van der Waals surface area (Å²) in [7, 11) is 2.11. The van der Waals surface area contributed by atoms with Gasteiger partial charge < -0.3 is 10.2 Å². The third kappa shape index (κ3) is 3.33. The number of thiophene rings is 1. The van der Waals surface area contributed by atoms with E-state index >= 15 is 0 Å².